The third kappa shape index (κ3) is 4.39. The molecule has 3 aromatic rings. The fraction of sp³-hybridized carbons (Fsp3) is 0.320. The summed E-state index contributed by atoms with van der Waals surface area (Å²) < 4.78 is 2.31. The Morgan fingerprint density at radius 2 is 1.91 bits per heavy atom. The van der Waals surface area contributed by atoms with Gasteiger partial charge in [0.15, 0.2) is 5.11 Å². The molecule has 4 rings (SSSR count). The van der Waals surface area contributed by atoms with Crippen LogP contribution in [-0.2, 0) is 11.3 Å². The highest BCUT2D eigenvalue weighted by molar-refractivity contribution is 7.80. The summed E-state index contributed by atoms with van der Waals surface area (Å²) in [6.07, 6.45) is 2.15. The Morgan fingerprint density at radius 1 is 1.16 bits per heavy atom. The summed E-state index contributed by atoms with van der Waals surface area (Å²) in [4.78, 5) is 19.4. The van der Waals surface area contributed by atoms with Crippen molar-refractivity contribution < 1.29 is 4.79 Å². The highest BCUT2D eigenvalue weighted by Gasteiger charge is 2.41. The van der Waals surface area contributed by atoms with Crippen LogP contribution in [0, 0.1) is 13.8 Å². The quantitative estimate of drug-likeness (QED) is 0.522. The van der Waals surface area contributed by atoms with Gasteiger partial charge in [0.2, 0.25) is 5.91 Å². The van der Waals surface area contributed by atoms with E-state index in [0.717, 1.165) is 17.9 Å². The van der Waals surface area contributed by atoms with Crippen LogP contribution in [0.15, 0.2) is 60.8 Å². The lowest BCUT2D eigenvalue weighted by molar-refractivity contribution is -0.116. The first-order chi connectivity index (χ1) is 15.5. The first kappa shape index (κ1) is 22.0. The van der Waals surface area contributed by atoms with Crippen molar-refractivity contribution in [2.24, 2.45) is 0 Å². The number of carbonyl (C=O) groups is 1. The molecule has 2 aromatic heterocycles. The van der Waals surface area contributed by atoms with E-state index in [1.807, 2.05) is 54.7 Å². The minimum absolute atomic E-state index is 0.0296. The minimum atomic E-state index is -0.0771. The summed E-state index contributed by atoms with van der Waals surface area (Å²) in [5, 5.41) is 7.09. The molecule has 0 radical (unpaired) electrons. The molecule has 1 aliphatic rings. The summed E-state index contributed by atoms with van der Waals surface area (Å²) in [5.74, 6) is -0.0296. The van der Waals surface area contributed by atoms with E-state index in [1.54, 1.807) is 0 Å². The van der Waals surface area contributed by atoms with Gasteiger partial charge >= 0.3 is 0 Å². The van der Waals surface area contributed by atoms with Gasteiger partial charge in [-0.25, -0.2) is 0 Å². The molecule has 0 aliphatic carbocycles. The fourth-order valence-electron chi connectivity index (χ4n) is 4.57. The number of thiocarbonyl (C=S) groups is 1. The number of amides is 1. The lowest BCUT2D eigenvalue weighted by atomic mass is 9.96. The number of anilines is 1. The van der Waals surface area contributed by atoms with E-state index in [0.29, 0.717) is 18.1 Å². The standard InChI is InChI=1S/C25H29N5OS/c1-4-29-17(2)16-20(18(29)3)24-23(21-12-8-9-14-26-21)28-25(32)30(24)15-13-22(31)27-19-10-6-5-7-11-19/h5-12,14,16,23-24H,4,13,15H2,1-3H3,(H,27,31)(H,28,32)/t23-,24+/m1/s1. The van der Waals surface area contributed by atoms with E-state index < -0.39 is 0 Å². The molecule has 0 bridgehead atoms. The molecule has 6 nitrogen and oxygen atoms in total. The molecule has 1 saturated heterocycles. The van der Waals surface area contributed by atoms with E-state index in [2.05, 4.69) is 51.9 Å². The number of nitrogens with one attached hydrogen (secondary N) is 2. The van der Waals surface area contributed by atoms with Gasteiger partial charge in [-0.3, -0.25) is 9.78 Å². The maximum Gasteiger partial charge on any atom is 0.226 e. The number of hydrogen-bond acceptors (Lipinski definition) is 3. The predicted octanol–water partition coefficient (Wildman–Crippen LogP) is 4.52. The van der Waals surface area contributed by atoms with Crippen LogP contribution in [-0.4, -0.2) is 32.0 Å². The molecular formula is C25H29N5OS. The normalized spacial score (nSPS) is 18.0. The first-order valence-corrected chi connectivity index (χ1v) is 11.4. The van der Waals surface area contributed by atoms with Gasteiger partial charge in [0.25, 0.3) is 0 Å². The van der Waals surface area contributed by atoms with Crippen molar-refractivity contribution in [3.63, 3.8) is 0 Å². The Labute approximate surface area is 194 Å². The zero-order valence-corrected chi connectivity index (χ0v) is 19.5. The molecule has 1 aliphatic heterocycles. The predicted molar refractivity (Wildman–Crippen MR) is 131 cm³/mol. The molecule has 2 N–H and O–H groups in total. The number of benzene rings is 1. The Morgan fingerprint density at radius 3 is 2.56 bits per heavy atom. The molecule has 0 unspecified atom stereocenters. The van der Waals surface area contributed by atoms with Gasteiger partial charge in [-0.05, 0) is 68.9 Å². The minimum Gasteiger partial charge on any atom is -0.352 e. The SMILES string of the molecule is CCn1c(C)cc([C@H]2[C@@H](c3ccccn3)NC(=S)N2CCC(=O)Nc2ccccc2)c1C. The van der Waals surface area contributed by atoms with Crippen molar-refractivity contribution in [3.8, 4) is 0 Å². The first-order valence-electron chi connectivity index (χ1n) is 11.0. The summed E-state index contributed by atoms with van der Waals surface area (Å²) in [5.41, 5.74) is 5.41. The van der Waals surface area contributed by atoms with Crippen LogP contribution in [0.2, 0.25) is 0 Å². The van der Waals surface area contributed by atoms with Gasteiger partial charge in [-0.2, -0.15) is 0 Å². The Bertz CT molecular complexity index is 1100. The van der Waals surface area contributed by atoms with Gasteiger partial charge in [-0.15, -0.1) is 0 Å². The Kier molecular flexibility index (Phi) is 6.55. The van der Waals surface area contributed by atoms with Gasteiger partial charge in [0.1, 0.15) is 0 Å². The van der Waals surface area contributed by atoms with Gasteiger partial charge in [0.05, 0.1) is 17.8 Å². The van der Waals surface area contributed by atoms with Crippen molar-refractivity contribution in [2.45, 2.75) is 45.8 Å². The molecule has 1 amide bonds. The zero-order valence-electron chi connectivity index (χ0n) is 18.7. The zero-order chi connectivity index (χ0) is 22.7. The van der Waals surface area contributed by atoms with E-state index in [-0.39, 0.29) is 18.0 Å². The smallest absolute Gasteiger partial charge is 0.226 e. The van der Waals surface area contributed by atoms with Crippen molar-refractivity contribution >= 4 is 28.9 Å². The third-order valence-corrected chi connectivity index (χ3v) is 6.44. The molecule has 2 atom stereocenters. The second kappa shape index (κ2) is 9.53. The number of carbonyl (C=O) groups excluding carboxylic acids is 1. The lowest BCUT2D eigenvalue weighted by Crippen LogP contribution is -2.32. The van der Waals surface area contributed by atoms with E-state index >= 15 is 0 Å². The van der Waals surface area contributed by atoms with Crippen LogP contribution >= 0.6 is 12.2 Å². The highest BCUT2D eigenvalue weighted by atomic mass is 32.1. The van der Waals surface area contributed by atoms with Crippen LogP contribution in [0.1, 0.15) is 48.1 Å². The molecule has 0 spiro atoms. The lowest BCUT2D eigenvalue weighted by Gasteiger charge is -2.28. The Balaban J connectivity index is 1.61. The second-order valence-electron chi connectivity index (χ2n) is 8.05. The summed E-state index contributed by atoms with van der Waals surface area (Å²) in [7, 11) is 0. The molecule has 166 valence electrons. The van der Waals surface area contributed by atoms with Crippen molar-refractivity contribution in [2.75, 3.05) is 11.9 Å². The molecule has 32 heavy (non-hydrogen) atoms. The van der Waals surface area contributed by atoms with Crippen LogP contribution < -0.4 is 10.6 Å². The van der Waals surface area contributed by atoms with Gasteiger partial charge < -0.3 is 20.1 Å². The highest BCUT2D eigenvalue weighted by Crippen LogP contribution is 2.40. The number of aryl methyl sites for hydroxylation is 1. The molecule has 1 fully saturated rings. The summed E-state index contributed by atoms with van der Waals surface area (Å²) in [6, 6.07) is 17.6. The van der Waals surface area contributed by atoms with Gasteiger partial charge in [0, 0.05) is 42.8 Å². The van der Waals surface area contributed by atoms with E-state index in [1.165, 1.54) is 17.0 Å². The summed E-state index contributed by atoms with van der Waals surface area (Å²) in [6.45, 7) is 7.88. The van der Waals surface area contributed by atoms with E-state index in [4.69, 9.17) is 12.2 Å². The van der Waals surface area contributed by atoms with Crippen molar-refractivity contribution in [3.05, 3.63) is 83.4 Å². The van der Waals surface area contributed by atoms with Crippen LogP contribution in [0.25, 0.3) is 0 Å². The molecule has 3 heterocycles. The van der Waals surface area contributed by atoms with Crippen LogP contribution in [0.5, 0.6) is 0 Å². The largest absolute Gasteiger partial charge is 0.352 e. The monoisotopic (exact) mass is 447 g/mol. The Hall–Kier alpha value is -3.19. The molecule has 0 saturated carbocycles. The number of para-hydroxylation sites is 1. The number of rotatable bonds is 7. The fourth-order valence-corrected chi connectivity index (χ4v) is 4.90. The van der Waals surface area contributed by atoms with Gasteiger partial charge in [-0.1, -0.05) is 24.3 Å². The number of nitrogens with zero attached hydrogens (tertiary/aromatic N) is 3. The van der Waals surface area contributed by atoms with Crippen LogP contribution in [0.4, 0.5) is 5.69 Å². The maximum absolute atomic E-state index is 12.6. The van der Waals surface area contributed by atoms with E-state index in [9.17, 15) is 4.79 Å². The molecule has 1 aromatic carbocycles. The third-order valence-electron chi connectivity index (χ3n) is 6.08. The number of aromatic nitrogens is 2. The topological polar surface area (TPSA) is 62.2 Å². The maximum atomic E-state index is 12.6. The summed E-state index contributed by atoms with van der Waals surface area (Å²) >= 11 is 5.74. The average Bonchev–Trinajstić information content (AvgIpc) is 3.28. The molecular weight excluding hydrogens is 418 g/mol. The van der Waals surface area contributed by atoms with Crippen molar-refractivity contribution in [1.82, 2.24) is 19.8 Å². The van der Waals surface area contributed by atoms with Crippen molar-refractivity contribution in [1.29, 1.82) is 0 Å². The number of pyridine rings is 1. The average molecular weight is 448 g/mol. The molecule has 7 heteroatoms. The second-order valence-corrected chi connectivity index (χ2v) is 8.44. The van der Waals surface area contributed by atoms with Crippen LogP contribution in [0.3, 0.4) is 0 Å². The number of hydrogen-bond donors (Lipinski definition) is 2.